The zero-order chi connectivity index (χ0) is 19.6. The maximum absolute atomic E-state index is 14.6. The van der Waals surface area contributed by atoms with Crippen LogP contribution in [0.5, 0.6) is 5.75 Å². The molecule has 0 spiro atoms. The minimum atomic E-state index is -0.350. The van der Waals surface area contributed by atoms with Crippen molar-refractivity contribution in [2.24, 2.45) is 0 Å². The van der Waals surface area contributed by atoms with Crippen LogP contribution < -0.4 is 10.2 Å². The Hall–Kier alpha value is -2.31. The van der Waals surface area contributed by atoms with Crippen LogP contribution in [0, 0.1) is 5.82 Å². The summed E-state index contributed by atoms with van der Waals surface area (Å²) in [5, 5.41) is 12.2. The van der Waals surface area contributed by atoms with Gasteiger partial charge in [0.05, 0.1) is 22.9 Å². The zero-order valence-corrected chi connectivity index (χ0v) is 16.0. The van der Waals surface area contributed by atoms with E-state index >= 15 is 0 Å². The van der Waals surface area contributed by atoms with Gasteiger partial charge < -0.3 is 20.1 Å². The number of phenolic OH excluding ortho intramolecular Hbond substituents is 1. The lowest BCUT2D eigenvalue weighted by molar-refractivity contribution is -0.00539. The molecule has 0 saturated carbocycles. The molecular formula is C20H22ClFN2O3. The van der Waals surface area contributed by atoms with E-state index in [9.17, 15) is 14.3 Å². The number of benzene rings is 2. The normalized spacial score (nSPS) is 19.8. The molecule has 0 unspecified atom stereocenters. The Kier molecular flexibility index (Phi) is 5.87. The van der Waals surface area contributed by atoms with Gasteiger partial charge in [-0.2, -0.15) is 0 Å². The van der Waals surface area contributed by atoms with Crippen LogP contribution in [0.4, 0.5) is 10.1 Å². The van der Waals surface area contributed by atoms with Gasteiger partial charge in [0.1, 0.15) is 11.6 Å². The van der Waals surface area contributed by atoms with Gasteiger partial charge in [0.15, 0.2) is 0 Å². The minimum Gasteiger partial charge on any atom is -0.506 e. The molecule has 2 aromatic carbocycles. The Morgan fingerprint density at radius 2 is 1.96 bits per heavy atom. The summed E-state index contributed by atoms with van der Waals surface area (Å²) in [5.74, 6) is -0.759. The van der Waals surface area contributed by atoms with E-state index in [2.05, 4.69) is 5.32 Å². The van der Waals surface area contributed by atoms with Crippen LogP contribution in [0.25, 0.3) is 0 Å². The number of phenols is 1. The SMILES string of the molecule is C[C@@H]1CN(c2ccc(CNC(=O)c3ccc(O)c(Cl)c3)cc2F)C[C@H](C)O1. The van der Waals surface area contributed by atoms with E-state index in [1.165, 1.54) is 24.3 Å². The molecule has 0 radical (unpaired) electrons. The van der Waals surface area contributed by atoms with Crippen LogP contribution in [0.3, 0.4) is 0 Å². The number of nitrogens with one attached hydrogen (secondary N) is 1. The van der Waals surface area contributed by atoms with Crippen LogP contribution in [0.15, 0.2) is 36.4 Å². The topological polar surface area (TPSA) is 61.8 Å². The van der Waals surface area contributed by atoms with Crippen molar-refractivity contribution < 1.29 is 19.0 Å². The third-order valence-corrected chi connectivity index (χ3v) is 4.74. The highest BCUT2D eigenvalue weighted by atomic mass is 35.5. The number of amides is 1. The molecule has 2 aromatic rings. The summed E-state index contributed by atoms with van der Waals surface area (Å²) >= 11 is 5.81. The molecule has 2 atom stereocenters. The van der Waals surface area contributed by atoms with E-state index in [-0.39, 0.29) is 41.2 Å². The maximum atomic E-state index is 14.6. The maximum Gasteiger partial charge on any atom is 0.251 e. The first-order valence-corrected chi connectivity index (χ1v) is 9.17. The van der Waals surface area contributed by atoms with E-state index in [0.717, 1.165) is 0 Å². The summed E-state index contributed by atoms with van der Waals surface area (Å²) < 4.78 is 20.3. The van der Waals surface area contributed by atoms with Crippen molar-refractivity contribution in [2.45, 2.75) is 32.6 Å². The summed E-state index contributed by atoms with van der Waals surface area (Å²) in [6, 6.07) is 9.18. The number of rotatable bonds is 4. The first-order valence-electron chi connectivity index (χ1n) is 8.79. The second-order valence-electron chi connectivity index (χ2n) is 6.80. The van der Waals surface area contributed by atoms with Gasteiger partial charge in [-0.25, -0.2) is 4.39 Å². The van der Waals surface area contributed by atoms with Crippen molar-refractivity contribution in [3.63, 3.8) is 0 Å². The molecule has 1 saturated heterocycles. The highest BCUT2D eigenvalue weighted by molar-refractivity contribution is 6.32. The van der Waals surface area contributed by atoms with E-state index in [1.54, 1.807) is 12.1 Å². The van der Waals surface area contributed by atoms with Gasteiger partial charge in [0.25, 0.3) is 5.91 Å². The first-order chi connectivity index (χ1) is 12.8. The molecule has 0 aromatic heterocycles. The molecule has 0 aliphatic carbocycles. The summed E-state index contributed by atoms with van der Waals surface area (Å²) in [5.41, 5.74) is 1.52. The summed E-state index contributed by atoms with van der Waals surface area (Å²) in [6.07, 6.45) is 0.0912. The molecule has 2 N–H and O–H groups in total. The van der Waals surface area contributed by atoms with Gasteiger partial charge in [-0.15, -0.1) is 0 Å². The summed E-state index contributed by atoms with van der Waals surface area (Å²) in [7, 11) is 0. The Bertz CT molecular complexity index is 836. The van der Waals surface area contributed by atoms with Crippen molar-refractivity contribution in [2.75, 3.05) is 18.0 Å². The Balaban J connectivity index is 1.65. The fraction of sp³-hybridized carbons (Fsp3) is 0.350. The third kappa shape index (κ3) is 4.70. The van der Waals surface area contributed by atoms with Crippen LogP contribution in [-0.4, -0.2) is 36.3 Å². The molecule has 1 heterocycles. The van der Waals surface area contributed by atoms with Crippen molar-refractivity contribution in [3.05, 3.63) is 58.4 Å². The lowest BCUT2D eigenvalue weighted by Gasteiger charge is -2.37. The molecule has 144 valence electrons. The number of halogens is 2. The van der Waals surface area contributed by atoms with E-state index in [0.29, 0.717) is 29.9 Å². The van der Waals surface area contributed by atoms with E-state index in [1.807, 2.05) is 18.7 Å². The largest absolute Gasteiger partial charge is 0.506 e. The van der Waals surface area contributed by atoms with Crippen LogP contribution in [-0.2, 0) is 11.3 Å². The molecule has 7 heteroatoms. The van der Waals surface area contributed by atoms with Crippen molar-refractivity contribution in [1.82, 2.24) is 5.32 Å². The zero-order valence-electron chi connectivity index (χ0n) is 15.2. The quantitative estimate of drug-likeness (QED) is 0.832. The lowest BCUT2D eigenvalue weighted by atomic mass is 10.1. The number of nitrogens with zero attached hydrogens (tertiary/aromatic N) is 1. The fourth-order valence-corrected chi connectivity index (χ4v) is 3.40. The highest BCUT2D eigenvalue weighted by Gasteiger charge is 2.24. The number of carbonyl (C=O) groups is 1. The number of hydrogen-bond acceptors (Lipinski definition) is 4. The van der Waals surface area contributed by atoms with E-state index in [4.69, 9.17) is 16.3 Å². The predicted octanol–water partition coefficient (Wildman–Crippen LogP) is 3.73. The van der Waals surface area contributed by atoms with Crippen LogP contribution in [0.2, 0.25) is 5.02 Å². The van der Waals surface area contributed by atoms with Gasteiger partial charge in [0.2, 0.25) is 0 Å². The van der Waals surface area contributed by atoms with Gasteiger partial charge in [0, 0.05) is 25.2 Å². The van der Waals surface area contributed by atoms with Gasteiger partial charge in [-0.3, -0.25) is 4.79 Å². The molecule has 5 nitrogen and oxygen atoms in total. The van der Waals surface area contributed by atoms with Crippen molar-refractivity contribution >= 4 is 23.2 Å². The lowest BCUT2D eigenvalue weighted by Crippen LogP contribution is -2.45. The number of ether oxygens (including phenoxy) is 1. The minimum absolute atomic E-state index is 0.0456. The van der Waals surface area contributed by atoms with Crippen LogP contribution in [0.1, 0.15) is 29.8 Å². The molecule has 0 bridgehead atoms. The highest BCUT2D eigenvalue weighted by Crippen LogP contribution is 2.25. The van der Waals surface area contributed by atoms with Crippen molar-refractivity contribution in [1.29, 1.82) is 0 Å². The summed E-state index contributed by atoms with van der Waals surface area (Å²) in [6.45, 7) is 5.41. The number of hydrogen-bond donors (Lipinski definition) is 2. The molecule has 1 amide bonds. The fourth-order valence-electron chi connectivity index (χ4n) is 3.22. The second-order valence-corrected chi connectivity index (χ2v) is 7.20. The Morgan fingerprint density at radius 1 is 1.26 bits per heavy atom. The van der Waals surface area contributed by atoms with Gasteiger partial charge in [-0.05, 0) is 49.7 Å². The molecule has 1 aliphatic heterocycles. The molecule has 3 rings (SSSR count). The average molecular weight is 393 g/mol. The molecule has 27 heavy (non-hydrogen) atoms. The Labute approximate surface area is 162 Å². The van der Waals surface area contributed by atoms with Crippen molar-refractivity contribution in [3.8, 4) is 5.75 Å². The average Bonchev–Trinajstić information content (AvgIpc) is 2.61. The number of aromatic hydroxyl groups is 1. The van der Waals surface area contributed by atoms with Gasteiger partial charge >= 0.3 is 0 Å². The summed E-state index contributed by atoms with van der Waals surface area (Å²) in [4.78, 5) is 14.2. The number of anilines is 1. The first kappa shape index (κ1) is 19.5. The molecule has 1 fully saturated rings. The Morgan fingerprint density at radius 3 is 2.59 bits per heavy atom. The molecular weight excluding hydrogens is 371 g/mol. The standard InChI is InChI=1S/C20H22ClFN2O3/c1-12-10-24(11-13(2)27-12)18-5-3-14(7-17(18)22)9-23-20(26)15-4-6-19(25)16(21)8-15/h3-8,12-13,25H,9-11H2,1-2H3,(H,23,26)/t12-,13+. The van der Waals surface area contributed by atoms with Gasteiger partial charge in [-0.1, -0.05) is 17.7 Å². The van der Waals surface area contributed by atoms with E-state index < -0.39 is 0 Å². The number of morpholine rings is 1. The third-order valence-electron chi connectivity index (χ3n) is 4.44. The second kappa shape index (κ2) is 8.15. The number of carbonyl (C=O) groups excluding carboxylic acids is 1. The smallest absolute Gasteiger partial charge is 0.251 e. The predicted molar refractivity (Wildman–Crippen MR) is 103 cm³/mol. The van der Waals surface area contributed by atoms with Crippen LogP contribution >= 0.6 is 11.6 Å². The molecule has 1 aliphatic rings. The monoisotopic (exact) mass is 392 g/mol.